The van der Waals surface area contributed by atoms with E-state index in [4.69, 9.17) is 9.59 Å². The molecule has 1 unspecified atom stereocenters. The van der Waals surface area contributed by atoms with Gasteiger partial charge in [-0.15, -0.1) is 11.6 Å². The lowest BCUT2D eigenvalue weighted by molar-refractivity contribution is -0.124. The zero-order valence-corrected chi connectivity index (χ0v) is 15.7. The van der Waals surface area contributed by atoms with Crippen molar-refractivity contribution in [1.29, 1.82) is 0 Å². The number of hydrogen-bond acceptors (Lipinski definition) is 5. The average molecular weight is 377 g/mol. The van der Waals surface area contributed by atoms with Crippen LogP contribution >= 0.6 is 11.6 Å². The number of carbonyl (C=O) groups is 3. The second kappa shape index (κ2) is 13.9. The molecule has 0 spiro atoms. The van der Waals surface area contributed by atoms with Crippen molar-refractivity contribution >= 4 is 40.8 Å². The summed E-state index contributed by atoms with van der Waals surface area (Å²) in [5.74, 6) is 0.483. The molecule has 0 aliphatic heterocycles. The minimum absolute atomic E-state index is 0.128. The van der Waals surface area contributed by atoms with Crippen LogP contribution < -0.4 is 0 Å². The number of alkyl halides is 1. The standard InChI is InChI=1S/C14H18O3S.CH3Cl.2CH2O/c1-18(16,17)13-8-6-11(7-9-13)10-12-4-2-3-5-14(12)15;3*1-2/h6-9,12H,2-5,10H2,1H3;1H3;2*1H2. The topological polar surface area (TPSA) is 85.3 Å². The van der Waals surface area contributed by atoms with Gasteiger partial charge in [-0.2, -0.15) is 0 Å². The second-order valence-corrected chi connectivity index (χ2v) is 7.04. The third-order valence-corrected chi connectivity index (χ3v) is 4.64. The van der Waals surface area contributed by atoms with E-state index < -0.39 is 9.84 Å². The van der Waals surface area contributed by atoms with Gasteiger partial charge in [0.05, 0.1) is 4.90 Å². The fourth-order valence-electron chi connectivity index (χ4n) is 2.43. The quantitative estimate of drug-likeness (QED) is 0.757. The predicted octanol–water partition coefficient (Wildman–Crippen LogP) is 2.88. The van der Waals surface area contributed by atoms with Gasteiger partial charge in [0.25, 0.3) is 0 Å². The van der Waals surface area contributed by atoms with E-state index in [-0.39, 0.29) is 5.92 Å². The van der Waals surface area contributed by atoms with Crippen LogP contribution in [0.15, 0.2) is 29.2 Å². The summed E-state index contributed by atoms with van der Waals surface area (Å²) in [6.45, 7) is 4.00. The fraction of sp³-hybridized carbons (Fsp3) is 0.471. The van der Waals surface area contributed by atoms with E-state index in [2.05, 4.69) is 11.6 Å². The number of Topliss-reactive ketones (excluding diaryl/α,β-unsaturated/α-hetero) is 1. The maximum absolute atomic E-state index is 11.7. The SMILES string of the molecule is C=O.C=O.CCl.CS(=O)(=O)c1ccc(CC2CCCCC2=O)cc1. The Morgan fingerprint density at radius 3 is 1.96 bits per heavy atom. The molecule has 24 heavy (non-hydrogen) atoms. The van der Waals surface area contributed by atoms with E-state index in [9.17, 15) is 13.2 Å². The number of benzene rings is 1. The Kier molecular flexibility index (Phi) is 14.3. The lowest BCUT2D eigenvalue weighted by Crippen LogP contribution is -2.21. The highest BCUT2D eigenvalue weighted by Crippen LogP contribution is 2.24. The van der Waals surface area contributed by atoms with Crippen LogP contribution in [0.25, 0.3) is 0 Å². The predicted molar refractivity (Wildman–Crippen MR) is 96.2 cm³/mol. The Morgan fingerprint density at radius 2 is 1.54 bits per heavy atom. The van der Waals surface area contributed by atoms with Crippen LogP contribution in [0.1, 0.15) is 31.2 Å². The first-order valence-electron chi connectivity index (χ1n) is 7.24. The molecule has 1 aliphatic carbocycles. The number of ketones is 1. The minimum atomic E-state index is -3.13. The van der Waals surface area contributed by atoms with E-state index in [0.29, 0.717) is 17.1 Å². The number of sulfone groups is 1. The molecule has 1 atom stereocenters. The molecule has 1 saturated carbocycles. The molecule has 0 amide bonds. The highest BCUT2D eigenvalue weighted by Gasteiger charge is 2.22. The maximum atomic E-state index is 11.7. The van der Waals surface area contributed by atoms with Crippen LogP contribution in [-0.4, -0.2) is 40.4 Å². The third kappa shape index (κ3) is 8.93. The van der Waals surface area contributed by atoms with Gasteiger partial charge in [0, 0.05) is 25.0 Å². The monoisotopic (exact) mass is 376 g/mol. The van der Waals surface area contributed by atoms with Crippen LogP contribution in [0.5, 0.6) is 0 Å². The smallest absolute Gasteiger partial charge is 0.175 e. The van der Waals surface area contributed by atoms with E-state index in [1.54, 1.807) is 12.1 Å². The summed E-state index contributed by atoms with van der Waals surface area (Å²) in [6.07, 6.45) is 7.22. The van der Waals surface area contributed by atoms with Crippen LogP contribution in [0.4, 0.5) is 0 Å². The molecule has 136 valence electrons. The molecule has 1 aromatic rings. The first-order chi connectivity index (χ1) is 11.5. The Morgan fingerprint density at radius 1 is 1.04 bits per heavy atom. The Balaban J connectivity index is 0. The zero-order valence-electron chi connectivity index (χ0n) is 14.2. The molecule has 2 rings (SSSR count). The van der Waals surface area contributed by atoms with Crippen molar-refractivity contribution in [1.82, 2.24) is 0 Å². The molecule has 0 bridgehead atoms. The highest BCUT2D eigenvalue weighted by molar-refractivity contribution is 7.90. The summed E-state index contributed by atoms with van der Waals surface area (Å²) in [7, 11) is -3.13. The Hall–Kier alpha value is -1.53. The van der Waals surface area contributed by atoms with Gasteiger partial charge < -0.3 is 9.59 Å². The zero-order chi connectivity index (χ0) is 19.2. The Bertz CT molecular complexity index is 567. The van der Waals surface area contributed by atoms with Crippen molar-refractivity contribution in [2.45, 2.75) is 37.0 Å². The third-order valence-electron chi connectivity index (χ3n) is 3.51. The molecular formula is C17H25ClO5S. The lowest BCUT2D eigenvalue weighted by atomic mass is 9.84. The van der Waals surface area contributed by atoms with E-state index in [1.165, 1.54) is 12.6 Å². The van der Waals surface area contributed by atoms with Crippen molar-refractivity contribution in [2.75, 3.05) is 12.6 Å². The Labute approximate surface area is 149 Å². The number of carbonyl (C=O) groups excluding carboxylic acids is 3. The largest absolute Gasteiger partial charge is 0.307 e. The summed E-state index contributed by atoms with van der Waals surface area (Å²) in [5.41, 5.74) is 1.04. The van der Waals surface area contributed by atoms with E-state index >= 15 is 0 Å². The van der Waals surface area contributed by atoms with Crippen molar-refractivity contribution < 1.29 is 22.8 Å². The van der Waals surface area contributed by atoms with Crippen molar-refractivity contribution in [3.63, 3.8) is 0 Å². The normalized spacial score (nSPS) is 16.3. The molecule has 7 heteroatoms. The summed E-state index contributed by atoms with van der Waals surface area (Å²) < 4.78 is 22.7. The van der Waals surface area contributed by atoms with Crippen LogP contribution in [0, 0.1) is 5.92 Å². The molecule has 0 aromatic heterocycles. The summed E-state index contributed by atoms with van der Waals surface area (Å²) in [5, 5.41) is 0. The fourth-order valence-corrected chi connectivity index (χ4v) is 3.06. The van der Waals surface area contributed by atoms with Crippen LogP contribution in [0.3, 0.4) is 0 Å². The number of hydrogen-bond donors (Lipinski definition) is 0. The number of halogens is 1. The molecule has 1 aromatic carbocycles. The first-order valence-corrected chi connectivity index (χ1v) is 9.89. The highest BCUT2D eigenvalue weighted by atomic mass is 35.5. The maximum Gasteiger partial charge on any atom is 0.175 e. The minimum Gasteiger partial charge on any atom is -0.307 e. The molecule has 0 N–H and O–H groups in total. The van der Waals surface area contributed by atoms with Crippen molar-refractivity contribution in [3.8, 4) is 0 Å². The van der Waals surface area contributed by atoms with Gasteiger partial charge in [0.1, 0.15) is 19.4 Å². The number of rotatable bonds is 3. The lowest BCUT2D eigenvalue weighted by Gasteiger charge is -2.20. The van der Waals surface area contributed by atoms with Gasteiger partial charge in [-0.3, -0.25) is 4.79 Å². The molecule has 1 aliphatic rings. The van der Waals surface area contributed by atoms with E-state index in [1.807, 2.05) is 25.7 Å². The first kappa shape index (κ1) is 24.7. The summed E-state index contributed by atoms with van der Waals surface area (Å²) >= 11 is 4.64. The van der Waals surface area contributed by atoms with Gasteiger partial charge in [0.2, 0.25) is 0 Å². The van der Waals surface area contributed by atoms with Crippen molar-refractivity contribution in [3.05, 3.63) is 29.8 Å². The molecule has 0 saturated heterocycles. The van der Waals surface area contributed by atoms with Gasteiger partial charge in [-0.05, 0) is 37.0 Å². The average Bonchev–Trinajstić information content (AvgIpc) is 2.62. The van der Waals surface area contributed by atoms with Gasteiger partial charge >= 0.3 is 0 Å². The summed E-state index contributed by atoms with van der Waals surface area (Å²) in [6, 6.07) is 6.88. The molecule has 5 nitrogen and oxygen atoms in total. The molecule has 0 radical (unpaired) electrons. The van der Waals surface area contributed by atoms with Crippen LogP contribution in [-0.2, 0) is 30.6 Å². The van der Waals surface area contributed by atoms with Gasteiger partial charge in [-0.25, -0.2) is 8.42 Å². The molecular weight excluding hydrogens is 352 g/mol. The van der Waals surface area contributed by atoms with Gasteiger partial charge in [-0.1, -0.05) is 18.6 Å². The van der Waals surface area contributed by atoms with Crippen LogP contribution in [0.2, 0.25) is 0 Å². The second-order valence-electron chi connectivity index (χ2n) is 5.03. The van der Waals surface area contributed by atoms with Gasteiger partial charge in [0.15, 0.2) is 9.84 Å². The molecule has 1 fully saturated rings. The molecule has 0 heterocycles. The van der Waals surface area contributed by atoms with E-state index in [0.717, 1.165) is 31.2 Å². The summed E-state index contributed by atoms with van der Waals surface area (Å²) in [4.78, 5) is 28.1. The van der Waals surface area contributed by atoms with Crippen molar-refractivity contribution in [2.24, 2.45) is 5.92 Å².